The van der Waals surface area contributed by atoms with Gasteiger partial charge in [0.25, 0.3) is 0 Å². The average molecular weight is 309 g/mol. The maximum Gasteiger partial charge on any atom is 0.179 e. The van der Waals surface area contributed by atoms with Crippen molar-refractivity contribution in [1.82, 2.24) is 24.2 Å². The van der Waals surface area contributed by atoms with Crippen molar-refractivity contribution in [2.45, 2.75) is 59.7 Å². The molecular formula is C15H27N5S. The van der Waals surface area contributed by atoms with Gasteiger partial charge in [0.1, 0.15) is 5.52 Å². The van der Waals surface area contributed by atoms with Crippen LogP contribution in [0.2, 0.25) is 0 Å². The predicted molar refractivity (Wildman–Crippen MR) is 90.3 cm³/mol. The van der Waals surface area contributed by atoms with Crippen molar-refractivity contribution in [2.24, 2.45) is 0 Å². The Kier molecular flexibility index (Phi) is 5.22. The van der Waals surface area contributed by atoms with E-state index in [1.54, 1.807) is 0 Å². The van der Waals surface area contributed by atoms with Crippen molar-refractivity contribution < 1.29 is 0 Å². The van der Waals surface area contributed by atoms with Crippen LogP contribution in [0.15, 0.2) is 0 Å². The summed E-state index contributed by atoms with van der Waals surface area (Å²) in [6, 6.07) is 0.607. The number of hydrogen-bond donors (Lipinski definition) is 1. The van der Waals surface area contributed by atoms with Crippen molar-refractivity contribution in [1.29, 1.82) is 0 Å². The molecule has 0 saturated heterocycles. The van der Waals surface area contributed by atoms with Gasteiger partial charge >= 0.3 is 0 Å². The highest BCUT2D eigenvalue weighted by Gasteiger charge is 2.13. The van der Waals surface area contributed by atoms with Crippen LogP contribution in [0.4, 0.5) is 0 Å². The highest BCUT2D eigenvalue weighted by atomic mass is 32.1. The minimum absolute atomic E-state index is 0.607. The van der Waals surface area contributed by atoms with E-state index >= 15 is 0 Å². The first-order valence-corrected chi connectivity index (χ1v) is 8.22. The van der Waals surface area contributed by atoms with Gasteiger partial charge in [-0.3, -0.25) is 0 Å². The fourth-order valence-electron chi connectivity index (χ4n) is 2.58. The third kappa shape index (κ3) is 3.37. The van der Waals surface area contributed by atoms with Crippen molar-refractivity contribution >= 4 is 23.4 Å². The van der Waals surface area contributed by atoms with Gasteiger partial charge in [-0.15, -0.1) is 0 Å². The minimum Gasteiger partial charge on any atom is -0.328 e. The van der Waals surface area contributed by atoms with Gasteiger partial charge in [-0.25, -0.2) is 4.68 Å². The van der Waals surface area contributed by atoms with E-state index in [0.717, 1.165) is 47.7 Å². The summed E-state index contributed by atoms with van der Waals surface area (Å²) in [5.41, 5.74) is 3.25. The number of hydrogen-bond acceptors (Lipinski definition) is 3. The lowest BCUT2D eigenvalue weighted by Gasteiger charge is -2.20. The summed E-state index contributed by atoms with van der Waals surface area (Å²) in [6.07, 6.45) is 2.31. The van der Waals surface area contributed by atoms with Crippen LogP contribution >= 0.6 is 12.2 Å². The van der Waals surface area contributed by atoms with E-state index in [9.17, 15) is 0 Å². The molecule has 0 amide bonds. The fraction of sp³-hybridized carbons (Fsp3) is 0.733. The molecule has 0 aliphatic rings. The van der Waals surface area contributed by atoms with Gasteiger partial charge in [-0.05, 0) is 66.3 Å². The molecule has 2 heterocycles. The van der Waals surface area contributed by atoms with Crippen LogP contribution in [0.1, 0.15) is 39.3 Å². The molecule has 6 heteroatoms. The van der Waals surface area contributed by atoms with E-state index in [2.05, 4.69) is 47.4 Å². The standard InChI is InChI=1S/C15H27N5S/c1-6-20-14-13(12(4)17-20)16-15(21)19(14)10-8-7-9-18(5)11(2)3/h11H,6-10H2,1-5H3,(H,16,21). The molecule has 2 aromatic rings. The third-order valence-corrected chi connectivity index (χ3v) is 4.48. The van der Waals surface area contributed by atoms with Crippen molar-refractivity contribution in [3.05, 3.63) is 10.5 Å². The van der Waals surface area contributed by atoms with Gasteiger partial charge in [0.2, 0.25) is 0 Å². The molecule has 0 radical (unpaired) electrons. The summed E-state index contributed by atoms with van der Waals surface area (Å²) >= 11 is 5.47. The second kappa shape index (κ2) is 6.75. The van der Waals surface area contributed by atoms with E-state index in [4.69, 9.17) is 12.2 Å². The number of nitrogens with zero attached hydrogens (tertiary/aromatic N) is 4. The average Bonchev–Trinajstić information content (AvgIpc) is 2.92. The zero-order chi connectivity index (χ0) is 15.6. The van der Waals surface area contributed by atoms with Crippen LogP contribution in [0.5, 0.6) is 0 Å². The zero-order valence-electron chi connectivity index (χ0n) is 13.8. The number of aryl methyl sites for hydroxylation is 3. The van der Waals surface area contributed by atoms with E-state index in [0.29, 0.717) is 6.04 Å². The molecule has 0 aromatic carbocycles. The quantitative estimate of drug-likeness (QED) is 0.630. The van der Waals surface area contributed by atoms with Crippen LogP contribution in [0.3, 0.4) is 0 Å². The number of H-pyrrole nitrogens is 1. The number of aromatic nitrogens is 4. The van der Waals surface area contributed by atoms with Crippen molar-refractivity contribution in [2.75, 3.05) is 13.6 Å². The smallest absolute Gasteiger partial charge is 0.179 e. The van der Waals surface area contributed by atoms with Crippen molar-refractivity contribution in [3.8, 4) is 0 Å². The molecule has 0 atom stereocenters. The summed E-state index contributed by atoms with van der Waals surface area (Å²) < 4.78 is 5.05. The molecule has 118 valence electrons. The molecular weight excluding hydrogens is 282 g/mol. The molecule has 0 spiro atoms. The molecule has 2 rings (SSSR count). The first-order chi connectivity index (χ1) is 9.95. The van der Waals surface area contributed by atoms with Gasteiger partial charge in [0, 0.05) is 19.1 Å². The lowest BCUT2D eigenvalue weighted by Crippen LogP contribution is -2.27. The SMILES string of the molecule is CCn1nc(C)c2[nH]c(=S)n(CCCCN(C)C(C)C)c21. The van der Waals surface area contributed by atoms with E-state index in [-0.39, 0.29) is 0 Å². The van der Waals surface area contributed by atoms with Crippen LogP contribution in [-0.2, 0) is 13.1 Å². The molecule has 21 heavy (non-hydrogen) atoms. The monoisotopic (exact) mass is 309 g/mol. The topological polar surface area (TPSA) is 41.8 Å². The number of nitrogens with one attached hydrogen (secondary N) is 1. The Morgan fingerprint density at radius 2 is 2.05 bits per heavy atom. The van der Waals surface area contributed by atoms with Crippen LogP contribution in [-0.4, -0.2) is 43.9 Å². The number of rotatable bonds is 7. The maximum absolute atomic E-state index is 5.47. The van der Waals surface area contributed by atoms with Gasteiger partial charge < -0.3 is 14.5 Å². The third-order valence-electron chi connectivity index (χ3n) is 4.16. The van der Waals surface area contributed by atoms with E-state index < -0.39 is 0 Å². The van der Waals surface area contributed by atoms with Gasteiger partial charge in [-0.1, -0.05) is 0 Å². The molecule has 0 saturated carbocycles. The predicted octanol–water partition coefficient (Wildman–Crippen LogP) is 3.34. The van der Waals surface area contributed by atoms with Crippen LogP contribution in [0.25, 0.3) is 11.2 Å². The highest BCUT2D eigenvalue weighted by Crippen LogP contribution is 2.18. The summed E-state index contributed by atoms with van der Waals surface area (Å²) in [6.45, 7) is 11.6. The first-order valence-electron chi connectivity index (χ1n) is 7.81. The van der Waals surface area contributed by atoms with Gasteiger partial charge in [0.15, 0.2) is 10.4 Å². The number of imidazole rings is 1. The lowest BCUT2D eigenvalue weighted by atomic mass is 10.2. The summed E-state index contributed by atoms with van der Waals surface area (Å²) in [4.78, 5) is 5.68. The Labute approximate surface area is 131 Å². The molecule has 0 unspecified atom stereocenters. The maximum atomic E-state index is 5.47. The lowest BCUT2D eigenvalue weighted by molar-refractivity contribution is 0.266. The second-order valence-electron chi connectivity index (χ2n) is 5.96. The Morgan fingerprint density at radius 1 is 1.33 bits per heavy atom. The largest absolute Gasteiger partial charge is 0.328 e. The molecule has 1 N–H and O–H groups in total. The Morgan fingerprint density at radius 3 is 2.67 bits per heavy atom. The summed E-state index contributed by atoms with van der Waals surface area (Å²) in [7, 11) is 2.18. The fourth-order valence-corrected chi connectivity index (χ4v) is 2.86. The van der Waals surface area contributed by atoms with Gasteiger partial charge in [-0.2, -0.15) is 5.10 Å². The van der Waals surface area contributed by atoms with Crippen LogP contribution in [0, 0.1) is 11.7 Å². The molecule has 2 aromatic heterocycles. The summed E-state index contributed by atoms with van der Waals surface area (Å²) in [5.74, 6) is 0. The molecule has 0 aliphatic carbocycles. The van der Waals surface area contributed by atoms with Gasteiger partial charge in [0.05, 0.1) is 5.69 Å². The first kappa shape index (κ1) is 16.2. The highest BCUT2D eigenvalue weighted by molar-refractivity contribution is 7.71. The number of unbranched alkanes of at least 4 members (excludes halogenated alkanes) is 1. The summed E-state index contributed by atoms with van der Waals surface area (Å²) in [5, 5.41) is 4.56. The molecule has 5 nitrogen and oxygen atoms in total. The van der Waals surface area contributed by atoms with E-state index in [1.807, 2.05) is 11.6 Å². The minimum atomic E-state index is 0.607. The number of fused-ring (bicyclic) bond motifs is 1. The molecule has 0 bridgehead atoms. The van der Waals surface area contributed by atoms with E-state index in [1.165, 1.54) is 6.42 Å². The normalized spacial score (nSPS) is 12.1. The Hall–Kier alpha value is -1.14. The Bertz CT molecular complexity index is 649. The molecule has 0 fully saturated rings. The Balaban J connectivity index is 2.08. The zero-order valence-corrected chi connectivity index (χ0v) is 14.6. The van der Waals surface area contributed by atoms with Crippen LogP contribution < -0.4 is 0 Å². The van der Waals surface area contributed by atoms with Crippen molar-refractivity contribution in [3.63, 3.8) is 0 Å². The number of aromatic amines is 1. The molecule has 0 aliphatic heterocycles. The second-order valence-corrected chi connectivity index (χ2v) is 6.35.